The third-order valence-electron chi connectivity index (χ3n) is 2.45. The molecule has 4 heteroatoms. The summed E-state index contributed by atoms with van der Waals surface area (Å²) in [7, 11) is 0. The number of hydrogen-bond acceptors (Lipinski definition) is 2. The van der Waals surface area contributed by atoms with Gasteiger partial charge in [0.15, 0.2) is 0 Å². The third-order valence-corrected chi connectivity index (χ3v) is 2.45. The van der Waals surface area contributed by atoms with Gasteiger partial charge in [0.1, 0.15) is 0 Å². The van der Waals surface area contributed by atoms with Crippen LogP contribution in [0, 0.1) is 0 Å². The normalized spacial score (nSPS) is 15.7. The first-order valence-corrected chi connectivity index (χ1v) is 5.73. The topological polar surface area (TPSA) is 53.2 Å². The average Bonchev–Trinajstić information content (AvgIpc) is 2.28. The van der Waals surface area contributed by atoms with Gasteiger partial charge in [-0.05, 0) is 19.4 Å². The molecule has 0 fully saturated rings. The quantitative estimate of drug-likeness (QED) is 0.469. The average molecular weight is 211 g/mol. The summed E-state index contributed by atoms with van der Waals surface area (Å²) in [6, 6.07) is -0.0529. The summed E-state index contributed by atoms with van der Waals surface area (Å²) in [4.78, 5) is 11.3. The lowest BCUT2D eigenvalue weighted by molar-refractivity contribution is 0.241. The molecule has 86 valence electrons. The summed E-state index contributed by atoms with van der Waals surface area (Å²) in [5.74, 6) is 0. The van der Waals surface area contributed by atoms with Crippen LogP contribution in [0.2, 0.25) is 0 Å². The van der Waals surface area contributed by atoms with Crippen molar-refractivity contribution in [3.05, 3.63) is 11.6 Å². The molecule has 1 rings (SSSR count). The Hall–Kier alpha value is -1.03. The Morgan fingerprint density at radius 2 is 2.40 bits per heavy atom. The van der Waals surface area contributed by atoms with Crippen molar-refractivity contribution in [2.45, 2.75) is 26.2 Å². The van der Waals surface area contributed by atoms with Gasteiger partial charge in [0, 0.05) is 19.6 Å². The van der Waals surface area contributed by atoms with E-state index in [-0.39, 0.29) is 6.03 Å². The lowest BCUT2D eigenvalue weighted by Crippen LogP contribution is -2.38. The molecule has 1 aliphatic heterocycles. The molecule has 0 radical (unpaired) electrons. The van der Waals surface area contributed by atoms with Crippen molar-refractivity contribution in [2.75, 3.05) is 26.2 Å². The van der Waals surface area contributed by atoms with Crippen LogP contribution in [-0.4, -0.2) is 32.2 Å². The molecule has 1 aliphatic rings. The smallest absolute Gasteiger partial charge is 0.315 e. The van der Waals surface area contributed by atoms with E-state index in [0.29, 0.717) is 6.54 Å². The van der Waals surface area contributed by atoms with Crippen LogP contribution >= 0.6 is 0 Å². The fraction of sp³-hybridized carbons (Fsp3) is 0.727. The largest absolute Gasteiger partial charge is 0.338 e. The Balaban J connectivity index is 2.07. The summed E-state index contributed by atoms with van der Waals surface area (Å²) in [5.41, 5.74) is 1.32. The van der Waals surface area contributed by atoms with Crippen LogP contribution in [0.15, 0.2) is 11.6 Å². The first kappa shape index (κ1) is 12.0. The first-order valence-electron chi connectivity index (χ1n) is 5.73. The van der Waals surface area contributed by atoms with Crippen molar-refractivity contribution in [2.24, 2.45) is 0 Å². The van der Waals surface area contributed by atoms with Crippen LogP contribution in [0.5, 0.6) is 0 Å². The van der Waals surface area contributed by atoms with E-state index >= 15 is 0 Å². The van der Waals surface area contributed by atoms with Gasteiger partial charge in [-0.25, -0.2) is 4.79 Å². The molecule has 0 aromatic heterocycles. The molecule has 0 saturated carbocycles. The Bertz CT molecular complexity index is 226. The van der Waals surface area contributed by atoms with Crippen LogP contribution < -0.4 is 16.0 Å². The minimum Gasteiger partial charge on any atom is -0.338 e. The highest BCUT2D eigenvalue weighted by molar-refractivity contribution is 5.74. The van der Waals surface area contributed by atoms with Gasteiger partial charge >= 0.3 is 6.03 Å². The fourth-order valence-corrected chi connectivity index (χ4v) is 1.47. The van der Waals surface area contributed by atoms with Crippen LogP contribution in [0.3, 0.4) is 0 Å². The Morgan fingerprint density at radius 1 is 1.53 bits per heavy atom. The molecule has 2 amide bonds. The third kappa shape index (κ3) is 5.42. The molecule has 0 unspecified atom stereocenters. The molecular formula is C11H21N3O. The van der Waals surface area contributed by atoms with Crippen molar-refractivity contribution in [3.63, 3.8) is 0 Å². The molecule has 1 heterocycles. The van der Waals surface area contributed by atoms with Gasteiger partial charge in [-0.15, -0.1) is 0 Å². The number of amides is 2. The van der Waals surface area contributed by atoms with Gasteiger partial charge in [-0.1, -0.05) is 25.0 Å². The van der Waals surface area contributed by atoms with Crippen LogP contribution in [-0.2, 0) is 0 Å². The lowest BCUT2D eigenvalue weighted by Gasteiger charge is -2.14. The molecular weight excluding hydrogens is 190 g/mol. The lowest BCUT2D eigenvalue weighted by atomic mass is 10.1. The van der Waals surface area contributed by atoms with Gasteiger partial charge in [0.2, 0.25) is 0 Å². The van der Waals surface area contributed by atoms with Crippen molar-refractivity contribution in [1.82, 2.24) is 16.0 Å². The van der Waals surface area contributed by atoms with E-state index in [4.69, 9.17) is 0 Å². The second-order valence-corrected chi connectivity index (χ2v) is 3.78. The second kappa shape index (κ2) is 7.29. The predicted octanol–water partition coefficient (Wildman–Crippen LogP) is 1.01. The molecule has 0 aromatic carbocycles. The molecule has 0 aromatic rings. The van der Waals surface area contributed by atoms with E-state index in [1.165, 1.54) is 5.57 Å². The maximum absolute atomic E-state index is 11.3. The summed E-state index contributed by atoms with van der Waals surface area (Å²) in [5, 5.41) is 8.93. The summed E-state index contributed by atoms with van der Waals surface area (Å²) < 4.78 is 0. The molecule has 0 spiro atoms. The first-order chi connectivity index (χ1) is 7.33. The monoisotopic (exact) mass is 211 g/mol. The molecule has 0 aliphatic carbocycles. The standard InChI is InChI=1S/C11H21N3O/c1-2-3-6-13-11(15)14-9-10-4-7-12-8-5-10/h4,12H,2-3,5-9H2,1H3,(H2,13,14,15). The van der Waals surface area contributed by atoms with E-state index in [0.717, 1.165) is 38.9 Å². The van der Waals surface area contributed by atoms with E-state index < -0.39 is 0 Å². The van der Waals surface area contributed by atoms with Crippen LogP contribution in [0.4, 0.5) is 4.79 Å². The molecule has 0 saturated heterocycles. The minimum atomic E-state index is -0.0529. The van der Waals surface area contributed by atoms with Crippen molar-refractivity contribution in [3.8, 4) is 0 Å². The number of unbranched alkanes of at least 4 members (excludes halogenated alkanes) is 1. The van der Waals surface area contributed by atoms with Gasteiger partial charge in [-0.2, -0.15) is 0 Å². The van der Waals surface area contributed by atoms with Crippen molar-refractivity contribution in [1.29, 1.82) is 0 Å². The molecule has 15 heavy (non-hydrogen) atoms. The maximum Gasteiger partial charge on any atom is 0.315 e. The maximum atomic E-state index is 11.3. The Morgan fingerprint density at radius 3 is 3.07 bits per heavy atom. The van der Waals surface area contributed by atoms with E-state index in [1.807, 2.05) is 0 Å². The molecule has 0 bridgehead atoms. The van der Waals surface area contributed by atoms with Gasteiger partial charge in [0.25, 0.3) is 0 Å². The number of rotatable bonds is 5. The number of carbonyl (C=O) groups is 1. The predicted molar refractivity (Wildman–Crippen MR) is 61.9 cm³/mol. The highest BCUT2D eigenvalue weighted by Gasteiger charge is 2.04. The molecule has 4 nitrogen and oxygen atoms in total. The highest BCUT2D eigenvalue weighted by Crippen LogP contribution is 2.01. The number of urea groups is 1. The summed E-state index contributed by atoms with van der Waals surface area (Å²) in [6.07, 6.45) is 5.34. The van der Waals surface area contributed by atoms with Crippen molar-refractivity contribution >= 4 is 6.03 Å². The van der Waals surface area contributed by atoms with E-state index in [1.54, 1.807) is 0 Å². The van der Waals surface area contributed by atoms with E-state index in [2.05, 4.69) is 29.0 Å². The van der Waals surface area contributed by atoms with Crippen LogP contribution in [0.25, 0.3) is 0 Å². The second-order valence-electron chi connectivity index (χ2n) is 3.78. The number of carbonyl (C=O) groups excluding carboxylic acids is 1. The SMILES string of the molecule is CCCCNC(=O)NCC1=CCNCC1. The zero-order chi connectivity index (χ0) is 10.9. The number of nitrogens with one attached hydrogen (secondary N) is 3. The zero-order valence-corrected chi connectivity index (χ0v) is 9.44. The Kier molecular flexibility index (Phi) is 5.85. The molecule has 0 atom stereocenters. The van der Waals surface area contributed by atoms with Gasteiger partial charge in [0.05, 0.1) is 0 Å². The zero-order valence-electron chi connectivity index (χ0n) is 9.44. The highest BCUT2D eigenvalue weighted by atomic mass is 16.2. The minimum absolute atomic E-state index is 0.0529. The Labute approximate surface area is 91.5 Å². The summed E-state index contributed by atoms with van der Waals surface area (Å²) >= 11 is 0. The fourth-order valence-electron chi connectivity index (χ4n) is 1.47. The summed E-state index contributed by atoms with van der Waals surface area (Å²) in [6.45, 7) is 5.50. The van der Waals surface area contributed by atoms with Crippen molar-refractivity contribution < 1.29 is 4.79 Å². The van der Waals surface area contributed by atoms with E-state index in [9.17, 15) is 4.79 Å². The van der Waals surface area contributed by atoms with Gasteiger partial charge in [-0.3, -0.25) is 0 Å². The van der Waals surface area contributed by atoms with Crippen LogP contribution in [0.1, 0.15) is 26.2 Å². The molecule has 3 N–H and O–H groups in total. The number of hydrogen-bond donors (Lipinski definition) is 3. The van der Waals surface area contributed by atoms with Gasteiger partial charge < -0.3 is 16.0 Å².